The zero-order valence-electron chi connectivity index (χ0n) is 19.7. The summed E-state index contributed by atoms with van der Waals surface area (Å²) in [6, 6.07) is 26.5. The molecule has 5 nitrogen and oxygen atoms in total. The van der Waals surface area contributed by atoms with E-state index in [0.29, 0.717) is 10.6 Å². The molecule has 0 N–H and O–H groups in total. The van der Waals surface area contributed by atoms with Crippen LogP contribution in [-0.2, 0) is 19.6 Å². The molecule has 0 bridgehead atoms. The minimum atomic E-state index is -3.46. The van der Waals surface area contributed by atoms with Gasteiger partial charge in [0.1, 0.15) is 5.54 Å². The van der Waals surface area contributed by atoms with Gasteiger partial charge in [-0.2, -0.15) is 0 Å². The SMILES string of the molecule is CC(C)OC(=O)[C@]1(C)N=CN(P(=O)(c2ccccc2)c2ccccc2)[C@@]1(C)c1ccc(Br)cc1. The van der Waals surface area contributed by atoms with Crippen LogP contribution in [0.3, 0.4) is 0 Å². The van der Waals surface area contributed by atoms with Crippen LogP contribution >= 0.6 is 23.2 Å². The lowest BCUT2D eigenvalue weighted by atomic mass is 9.75. The smallest absolute Gasteiger partial charge is 0.336 e. The average molecular weight is 539 g/mol. The van der Waals surface area contributed by atoms with Gasteiger partial charge in [-0.1, -0.05) is 64.5 Å². The van der Waals surface area contributed by atoms with Crippen LogP contribution in [0.2, 0.25) is 0 Å². The monoisotopic (exact) mass is 538 g/mol. The Hall–Kier alpha value is -2.69. The second kappa shape index (κ2) is 9.16. The third-order valence-corrected chi connectivity index (χ3v) is 10.1. The molecule has 0 aromatic heterocycles. The van der Waals surface area contributed by atoms with Crippen molar-refractivity contribution in [1.29, 1.82) is 0 Å². The van der Waals surface area contributed by atoms with E-state index in [1.54, 1.807) is 17.9 Å². The predicted octanol–water partition coefficient (Wildman–Crippen LogP) is 5.65. The van der Waals surface area contributed by atoms with Gasteiger partial charge in [0.2, 0.25) is 7.29 Å². The number of carbonyl (C=O) groups excluding carboxylic acids is 1. The second-order valence-electron chi connectivity index (χ2n) is 8.94. The van der Waals surface area contributed by atoms with E-state index < -0.39 is 24.3 Å². The molecule has 3 aromatic carbocycles. The maximum Gasteiger partial charge on any atom is 0.336 e. The van der Waals surface area contributed by atoms with E-state index in [1.807, 2.05) is 106 Å². The molecule has 4 rings (SSSR count). The summed E-state index contributed by atoms with van der Waals surface area (Å²) in [5.74, 6) is -0.459. The van der Waals surface area contributed by atoms with Gasteiger partial charge >= 0.3 is 5.97 Å². The summed E-state index contributed by atoms with van der Waals surface area (Å²) in [5, 5.41) is 1.33. The van der Waals surface area contributed by atoms with Gasteiger partial charge in [-0.05, 0) is 69.7 Å². The zero-order valence-corrected chi connectivity index (χ0v) is 22.2. The summed E-state index contributed by atoms with van der Waals surface area (Å²) in [6.07, 6.45) is 1.27. The van der Waals surface area contributed by atoms with Crippen molar-refractivity contribution in [3.05, 3.63) is 95.0 Å². The normalized spacial score (nSPS) is 22.2. The topological polar surface area (TPSA) is 59.0 Å². The molecule has 0 aliphatic carbocycles. The number of ether oxygens (including phenoxy) is 1. The van der Waals surface area contributed by atoms with Gasteiger partial charge in [0, 0.05) is 15.1 Å². The highest BCUT2D eigenvalue weighted by Crippen LogP contribution is 2.59. The number of benzene rings is 3. The Morgan fingerprint density at radius 3 is 1.88 bits per heavy atom. The average Bonchev–Trinajstić information content (AvgIpc) is 3.12. The molecule has 1 aliphatic heterocycles. The fraction of sp³-hybridized carbons (Fsp3) is 0.259. The zero-order chi connectivity index (χ0) is 24.6. The molecule has 1 aliphatic rings. The minimum absolute atomic E-state index is 0.308. The number of nitrogens with zero attached hydrogens (tertiary/aromatic N) is 2. The lowest BCUT2D eigenvalue weighted by molar-refractivity contribution is -0.156. The van der Waals surface area contributed by atoms with Crippen LogP contribution in [0.15, 0.2) is 94.4 Å². The van der Waals surface area contributed by atoms with Crippen LogP contribution in [0.25, 0.3) is 0 Å². The van der Waals surface area contributed by atoms with Crippen LogP contribution in [0.4, 0.5) is 0 Å². The second-order valence-corrected chi connectivity index (χ2v) is 12.5. The van der Waals surface area contributed by atoms with Gasteiger partial charge in [-0.3, -0.25) is 14.2 Å². The molecule has 3 aromatic rings. The van der Waals surface area contributed by atoms with Gasteiger partial charge in [-0.25, -0.2) is 4.79 Å². The summed E-state index contributed by atoms with van der Waals surface area (Å²) in [6.45, 7) is 7.31. The third-order valence-electron chi connectivity index (χ3n) is 6.49. The Balaban J connectivity index is 2.00. The third kappa shape index (κ3) is 3.83. The van der Waals surface area contributed by atoms with Crippen LogP contribution in [-0.4, -0.2) is 28.6 Å². The van der Waals surface area contributed by atoms with E-state index in [9.17, 15) is 4.79 Å². The van der Waals surface area contributed by atoms with E-state index in [4.69, 9.17) is 9.73 Å². The van der Waals surface area contributed by atoms with Crippen LogP contribution in [0.1, 0.15) is 33.3 Å². The van der Waals surface area contributed by atoms with Crippen molar-refractivity contribution in [2.24, 2.45) is 4.99 Å². The Labute approximate surface area is 209 Å². The van der Waals surface area contributed by atoms with E-state index in [1.165, 1.54) is 0 Å². The van der Waals surface area contributed by atoms with Gasteiger partial charge in [0.15, 0.2) is 5.54 Å². The first-order valence-electron chi connectivity index (χ1n) is 11.2. The molecular weight excluding hydrogens is 511 g/mol. The molecule has 0 saturated heterocycles. The van der Waals surface area contributed by atoms with Crippen LogP contribution in [0.5, 0.6) is 0 Å². The molecule has 1 heterocycles. The summed E-state index contributed by atoms with van der Waals surface area (Å²) < 4.78 is 23.6. The van der Waals surface area contributed by atoms with Crippen molar-refractivity contribution in [3.8, 4) is 0 Å². The predicted molar refractivity (Wildman–Crippen MR) is 141 cm³/mol. The van der Waals surface area contributed by atoms with Gasteiger partial charge in [0.05, 0.1) is 12.4 Å². The molecule has 0 unspecified atom stereocenters. The number of hydrogen-bond donors (Lipinski definition) is 0. The van der Waals surface area contributed by atoms with Crippen LogP contribution < -0.4 is 10.6 Å². The van der Waals surface area contributed by atoms with Gasteiger partial charge < -0.3 is 4.74 Å². The van der Waals surface area contributed by atoms with Gasteiger partial charge in [0.25, 0.3) is 0 Å². The van der Waals surface area contributed by atoms with Crippen LogP contribution in [0, 0.1) is 0 Å². The van der Waals surface area contributed by atoms with Crippen molar-refractivity contribution in [3.63, 3.8) is 0 Å². The lowest BCUT2D eigenvalue weighted by Crippen LogP contribution is -2.57. The maximum atomic E-state index is 15.3. The highest BCUT2D eigenvalue weighted by atomic mass is 79.9. The largest absolute Gasteiger partial charge is 0.461 e. The first-order valence-corrected chi connectivity index (χ1v) is 13.6. The number of esters is 1. The van der Waals surface area contributed by atoms with E-state index >= 15 is 4.57 Å². The van der Waals surface area contributed by atoms with Crippen molar-refractivity contribution in [2.45, 2.75) is 44.9 Å². The van der Waals surface area contributed by atoms with Gasteiger partial charge in [-0.15, -0.1) is 0 Å². The summed E-state index contributed by atoms with van der Waals surface area (Å²) in [5.41, 5.74) is -1.62. The maximum absolute atomic E-state index is 15.3. The lowest BCUT2D eigenvalue weighted by Gasteiger charge is -2.47. The standard InChI is InChI=1S/C27H28BrN2O3P/c1-20(2)33-25(31)26(3)27(4,21-15-17-22(28)18-16-21)30(19-29-26)34(32,23-11-7-5-8-12-23)24-13-9-6-10-14-24/h5-20H,1-4H3/t26-,27-/m0/s1. The van der Waals surface area contributed by atoms with Crippen molar-refractivity contribution >= 4 is 46.1 Å². The highest BCUT2D eigenvalue weighted by Gasteiger charge is 2.63. The molecule has 0 saturated carbocycles. The van der Waals surface area contributed by atoms with Crippen molar-refractivity contribution in [2.75, 3.05) is 0 Å². The Morgan fingerprint density at radius 2 is 1.41 bits per heavy atom. The Bertz CT molecular complexity index is 1200. The van der Waals surface area contributed by atoms with E-state index in [0.717, 1.165) is 10.0 Å². The number of hydrogen-bond acceptors (Lipinski definition) is 4. The Morgan fingerprint density at radius 1 is 0.912 bits per heavy atom. The highest BCUT2D eigenvalue weighted by molar-refractivity contribution is 9.10. The Kier molecular flexibility index (Phi) is 6.58. The summed E-state index contributed by atoms with van der Waals surface area (Å²) >= 11 is 3.50. The molecule has 0 amide bonds. The fourth-order valence-electron chi connectivity index (χ4n) is 4.41. The molecule has 0 radical (unpaired) electrons. The molecule has 176 valence electrons. The number of halogens is 1. The number of rotatable bonds is 6. The minimum Gasteiger partial charge on any atom is -0.461 e. The number of aliphatic imine (C=N–C) groups is 1. The molecular formula is C27H28BrN2O3P. The molecule has 34 heavy (non-hydrogen) atoms. The van der Waals surface area contributed by atoms with Crippen molar-refractivity contribution in [1.82, 2.24) is 4.67 Å². The summed E-state index contributed by atoms with van der Waals surface area (Å²) in [4.78, 5) is 18.2. The van der Waals surface area contributed by atoms with E-state index in [-0.39, 0.29) is 6.10 Å². The summed E-state index contributed by atoms with van der Waals surface area (Å²) in [7, 11) is -3.46. The molecule has 7 heteroatoms. The quantitative estimate of drug-likeness (QED) is 0.300. The van der Waals surface area contributed by atoms with Crippen molar-refractivity contribution < 1.29 is 14.1 Å². The molecule has 0 spiro atoms. The number of carbonyl (C=O) groups is 1. The first kappa shape index (κ1) is 24.4. The molecule has 0 fully saturated rings. The molecule has 2 atom stereocenters. The van der Waals surface area contributed by atoms with E-state index in [2.05, 4.69) is 15.9 Å². The first-order chi connectivity index (χ1) is 16.1. The fourth-order valence-corrected chi connectivity index (χ4v) is 7.70.